The van der Waals surface area contributed by atoms with Crippen molar-refractivity contribution >= 4 is 11.4 Å². The second kappa shape index (κ2) is 9.20. The van der Waals surface area contributed by atoms with Crippen molar-refractivity contribution in [2.45, 2.75) is 44.1 Å². The van der Waals surface area contributed by atoms with E-state index in [4.69, 9.17) is 5.21 Å². The smallest absolute Gasteiger partial charge is 0.123 e. The largest absolute Gasteiger partial charge is 0.337 e. The zero-order valence-electron chi connectivity index (χ0n) is 16.7. The van der Waals surface area contributed by atoms with Gasteiger partial charge in [0.05, 0.1) is 0 Å². The number of hydroxylamine groups is 1. The van der Waals surface area contributed by atoms with Crippen molar-refractivity contribution in [2.75, 3.05) is 31.1 Å². The number of nitrogens with zero attached hydrogens (tertiary/aromatic N) is 2. The first kappa shape index (κ1) is 20.3. The molecule has 156 valence electrons. The minimum absolute atomic E-state index is 0.196. The Bertz CT molecular complexity index is 814. The van der Waals surface area contributed by atoms with E-state index in [-0.39, 0.29) is 23.6 Å². The van der Waals surface area contributed by atoms with Crippen molar-refractivity contribution in [2.24, 2.45) is 0 Å². The van der Waals surface area contributed by atoms with Gasteiger partial charge in [0.1, 0.15) is 11.6 Å². The first-order valence-corrected chi connectivity index (χ1v) is 10.6. The van der Waals surface area contributed by atoms with Crippen LogP contribution in [0.15, 0.2) is 42.5 Å². The van der Waals surface area contributed by atoms with Gasteiger partial charge in [-0.15, -0.1) is 0 Å². The van der Waals surface area contributed by atoms with E-state index in [0.29, 0.717) is 6.54 Å². The van der Waals surface area contributed by atoms with Gasteiger partial charge in [-0.05, 0) is 73.8 Å². The molecule has 2 aromatic carbocycles. The molecule has 2 heterocycles. The Labute approximate surface area is 171 Å². The van der Waals surface area contributed by atoms with Crippen molar-refractivity contribution < 1.29 is 14.0 Å². The topological polar surface area (TPSA) is 38.7 Å². The van der Waals surface area contributed by atoms with Gasteiger partial charge in [0.25, 0.3) is 0 Å². The van der Waals surface area contributed by atoms with Crippen molar-refractivity contribution in [3.63, 3.8) is 0 Å². The second-order valence-electron chi connectivity index (χ2n) is 8.14. The average molecular weight is 402 g/mol. The lowest BCUT2D eigenvalue weighted by Crippen LogP contribution is -2.45. The SMILES string of the molecule is ONCCCCCCN1CC[C@@H]2[C@@H](C1)c1cc(F)ccc1N2c1ccc(F)cc1. The van der Waals surface area contributed by atoms with Gasteiger partial charge in [0.2, 0.25) is 0 Å². The fraction of sp³-hybridized carbons (Fsp3) is 0.478. The summed E-state index contributed by atoms with van der Waals surface area (Å²) in [5.74, 6) is -0.176. The van der Waals surface area contributed by atoms with Crippen molar-refractivity contribution in [1.29, 1.82) is 0 Å². The van der Waals surface area contributed by atoms with Crippen LogP contribution in [-0.2, 0) is 0 Å². The summed E-state index contributed by atoms with van der Waals surface area (Å²) in [6.45, 7) is 3.65. The van der Waals surface area contributed by atoms with Gasteiger partial charge in [-0.1, -0.05) is 12.8 Å². The number of rotatable bonds is 8. The van der Waals surface area contributed by atoms with E-state index in [2.05, 4.69) is 15.3 Å². The van der Waals surface area contributed by atoms with Crippen molar-refractivity contribution in [3.05, 3.63) is 59.7 Å². The van der Waals surface area contributed by atoms with Crippen LogP contribution >= 0.6 is 0 Å². The minimum atomic E-state index is -0.242. The van der Waals surface area contributed by atoms with E-state index >= 15 is 0 Å². The molecule has 2 N–H and O–H groups in total. The van der Waals surface area contributed by atoms with Crippen LogP contribution in [0.3, 0.4) is 0 Å². The van der Waals surface area contributed by atoms with Crippen LogP contribution in [0.1, 0.15) is 43.6 Å². The summed E-state index contributed by atoms with van der Waals surface area (Å²) < 4.78 is 27.5. The molecule has 0 saturated carbocycles. The highest BCUT2D eigenvalue weighted by atomic mass is 19.1. The molecule has 29 heavy (non-hydrogen) atoms. The molecule has 0 spiro atoms. The Hall–Kier alpha value is -2.02. The van der Waals surface area contributed by atoms with Crippen LogP contribution in [-0.4, -0.2) is 42.3 Å². The predicted octanol–water partition coefficient (Wildman–Crippen LogP) is 4.81. The molecule has 2 aliphatic rings. The quantitative estimate of drug-likeness (QED) is 0.492. The molecule has 2 aromatic rings. The fourth-order valence-corrected chi connectivity index (χ4v) is 4.87. The molecular formula is C23H29F2N3O. The molecule has 1 fully saturated rings. The third-order valence-corrected chi connectivity index (χ3v) is 6.26. The summed E-state index contributed by atoms with van der Waals surface area (Å²) in [7, 11) is 0. The number of halogens is 2. The lowest BCUT2D eigenvalue weighted by atomic mass is 9.88. The van der Waals surface area contributed by atoms with Gasteiger partial charge < -0.3 is 15.0 Å². The lowest BCUT2D eigenvalue weighted by molar-refractivity contribution is 0.163. The van der Waals surface area contributed by atoms with Gasteiger partial charge in [0, 0.05) is 43.0 Å². The Balaban J connectivity index is 1.47. The Morgan fingerprint density at radius 2 is 1.72 bits per heavy atom. The summed E-state index contributed by atoms with van der Waals surface area (Å²) >= 11 is 0. The minimum Gasteiger partial charge on any atom is -0.337 e. The standard InChI is InChI=1S/C23H29F2N3O/c24-17-5-8-19(9-6-17)28-22-10-7-18(25)15-20(22)21-16-27(14-11-23(21)28)13-4-2-1-3-12-26-29/h5-10,15,21,23,26,29H,1-4,11-14,16H2/t21-,23+/m0/s1. The first-order valence-electron chi connectivity index (χ1n) is 10.6. The Morgan fingerprint density at radius 3 is 2.52 bits per heavy atom. The second-order valence-corrected chi connectivity index (χ2v) is 8.14. The maximum Gasteiger partial charge on any atom is 0.123 e. The van der Waals surface area contributed by atoms with Crippen molar-refractivity contribution in [1.82, 2.24) is 10.4 Å². The number of anilines is 2. The number of benzene rings is 2. The van der Waals surface area contributed by atoms with Crippen LogP contribution in [0.5, 0.6) is 0 Å². The maximum atomic E-state index is 14.0. The van der Waals surface area contributed by atoms with Crippen LogP contribution in [0.4, 0.5) is 20.2 Å². The summed E-state index contributed by atoms with van der Waals surface area (Å²) in [5.41, 5.74) is 5.29. The predicted molar refractivity (Wildman–Crippen MR) is 111 cm³/mol. The first-order chi connectivity index (χ1) is 14.2. The van der Waals surface area contributed by atoms with E-state index in [1.807, 2.05) is 18.2 Å². The molecule has 4 nitrogen and oxygen atoms in total. The van der Waals surface area contributed by atoms with Crippen LogP contribution in [0.25, 0.3) is 0 Å². The molecule has 1 saturated heterocycles. The van der Waals surface area contributed by atoms with Crippen molar-refractivity contribution in [3.8, 4) is 0 Å². The molecule has 0 aromatic heterocycles. The summed E-state index contributed by atoms with van der Waals surface area (Å²) in [4.78, 5) is 4.77. The molecule has 0 bridgehead atoms. The lowest BCUT2D eigenvalue weighted by Gasteiger charge is -2.39. The van der Waals surface area contributed by atoms with Gasteiger partial charge in [0.15, 0.2) is 0 Å². The molecule has 0 radical (unpaired) electrons. The third kappa shape index (κ3) is 4.44. The third-order valence-electron chi connectivity index (χ3n) is 6.26. The number of fused-ring (bicyclic) bond motifs is 3. The van der Waals surface area contributed by atoms with Gasteiger partial charge in [-0.3, -0.25) is 0 Å². The van der Waals surface area contributed by atoms with E-state index in [1.165, 1.54) is 18.2 Å². The molecule has 2 aliphatic heterocycles. The Kier molecular flexibility index (Phi) is 6.43. The van der Waals surface area contributed by atoms with E-state index in [9.17, 15) is 8.78 Å². The number of nitrogens with one attached hydrogen (secondary N) is 1. The average Bonchev–Trinajstić information content (AvgIpc) is 3.04. The number of likely N-dealkylation sites (tertiary alicyclic amines) is 1. The number of piperidine rings is 1. The van der Waals surface area contributed by atoms with Crippen LogP contribution in [0.2, 0.25) is 0 Å². The molecule has 0 aliphatic carbocycles. The zero-order chi connectivity index (χ0) is 20.2. The monoisotopic (exact) mass is 401 g/mol. The molecule has 0 unspecified atom stereocenters. The van der Waals surface area contributed by atoms with E-state index in [0.717, 1.165) is 68.7 Å². The van der Waals surface area contributed by atoms with Crippen LogP contribution in [0, 0.1) is 11.6 Å². The van der Waals surface area contributed by atoms with Gasteiger partial charge in [-0.2, -0.15) is 0 Å². The molecule has 4 rings (SSSR count). The summed E-state index contributed by atoms with van der Waals surface area (Å²) in [6, 6.07) is 12.0. The van der Waals surface area contributed by atoms with E-state index in [1.54, 1.807) is 6.07 Å². The maximum absolute atomic E-state index is 14.0. The summed E-state index contributed by atoms with van der Waals surface area (Å²) in [6.07, 6.45) is 5.40. The number of unbranched alkanes of at least 4 members (excludes halogenated alkanes) is 3. The van der Waals surface area contributed by atoms with E-state index < -0.39 is 0 Å². The highest BCUT2D eigenvalue weighted by Gasteiger charge is 2.42. The van der Waals surface area contributed by atoms with Gasteiger partial charge >= 0.3 is 0 Å². The van der Waals surface area contributed by atoms with Gasteiger partial charge in [-0.25, -0.2) is 14.3 Å². The zero-order valence-corrected chi connectivity index (χ0v) is 16.7. The summed E-state index contributed by atoms with van der Waals surface area (Å²) in [5, 5.41) is 8.62. The molecule has 0 amide bonds. The highest BCUT2D eigenvalue weighted by Crippen LogP contribution is 2.48. The fourth-order valence-electron chi connectivity index (χ4n) is 4.87. The highest BCUT2D eigenvalue weighted by molar-refractivity contribution is 5.73. The normalized spacial score (nSPS) is 21.3. The number of hydrogen-bond acceptors (Lipinski definition) is 4. The molecular weight excluding hydrogens is 372 g/mol. The number of hydrogen-bond donors (Lipinski definition) is 2. The molecule has 6 heteroatoms. The molecule has 2 atom stereocenters. The van der Waals surface area contributed by atoms with Crippen LogP contribution < -0.4 is 10.4 Å². The Morgan fingerprint density at radius 1 is 0.966 bits per heavy atom.